The monoisotopic (exact) mass is 412 g/mol. The molecule has 0 aliphatic heterocycles. The summed E-state index contributed by atoms with van der Waals surface area (Å²) >= 11 is 0. The smallest absolute Gasteiger partial charge is 0.313 e. The highest BCUT2D eigenvalue weighted by Gasteiger charge is 2.38. The normalized spacial score (nSPS) is 12.4. The van der Waals surface area contributed by atoms with Crippen LogP contribution in [0.3, 0.4) is 0 Å². The van der Waals surface area contributed by atoms with Gasteiger partial charge in [-0.05, 0) is 31.2 Å². The van der Waals surface area contributed by atoms with Gasteiger partial charge < -0.3 is 4.57 Å². The molecular formula is C20H15F3N6O. The molecule has 0 atom stereocenters. The first kappa shape index (κ1) is 18.3. The first-order valence-electron chi connectivity index (χ1n) is 9.28. The number of alkyl halides is 3. The molecule has 2 aromatic carbocycles. The Labute approximate surface area is 167 Å². The van der Waals surface area contributed by atoms with Crippen molar-refractivity contribution >= 4 is 27.7 Å². The van der Waals surface area contributed by atoms with Crippen molar-refractivity contribution in [3.63, 3.8) is 0 Å². The van der Waals surface area contributed by atoms with Gasteiger partial charge in [0.1, 0.15) is 0 Å². The third-order valence-electron chi connectivity index (χ3n) is 5.10. The summed E-state index contributed by atoms with van der Waals surface area (Å²) in [6.07, 6.45) is -4.63. The Balaban J connectivity index is 1.81. The van der Waals surface area contributed by atoms with E-state index in [0.717, 1.165) is 4.57 Å². The molecule has 0 unspecified atom stereocenters. The molecule has 10 heteroatoms. The number of halogens is 3. The second-order valence-corrected chi connectivity index (χ2v) is 6.83. The number of benzene rings is 2. The average molecular weight is 412 g/mol. The number of imidazole rings is 1. The third-order valence-corrected chi connectivity index (χ3v) is 5.10. The molecule has 0 amide bonds. The summed E-state index contributed by atoms with van der Waals surface area (Å²) in [5.41, 5.74) is 0.910. The van der Waals surface area contributed by atoms with Gasteiger partial charge in [-0.1, -0.05) is 24.3 Å². The van der Waals surface area contributed by atoms with Gasteiger partial charge in [-0.3, -0.25) is 13.8 Å². The van der Waals surface area contributed by atoms with Gasteiger partial charge in [-0.2, -0.15) is 13.2 Å². The van der Waals surface area contributed by atoms with Gasteiger partial charge in [-0.15, -0.1) is 10.2 Å². The summed E-state index contributed by atoms with van der Waals surface area (Å²) in [5.74, 6) is -0.445. The van der Waals surface area contributed by atoms with E-state index >= 15 is 0 Å². The van der Waals surface area contributed by atoms with Gasteiger partial charge in [0.2, 0.25) is 11.6 Å². The number of hydrogen-bond acceptors (Lipinski definition) is 4. The number of rotatable bonds is 3. The zero-order valence-corrected chi connectivity index (χ0v) is 15.8. The molecule has 0 spiro atoms. The second-order valence-electron chi connectivity index (χ2n) is 6.83. The Morgan fingerprint density at radius 2 is 1.63 bits per heavy atom. The Morgan fingerprint density at radius 3 is 2.37 bits per heavy atom. The molecule has 0 bridgehead atoms. The highest BCUT2D eigenvalue weighted by Crippen LogP contribution is 2.32. The average Bonchev–Trinajstić information content (AvgIpc) is 3.31. The highest BCUT2D eigenvalue weighted by molar-refractivity contribution is 5.80. The number of nitrogens with zero attached hydrogens (tertiary/aromatic N) is 6. The Kier molecular flexibility index (Phi) is 3.92. The molecule has 0 saturated heterocycles. The van der Waals surface area contributed by atoms with Crippen LogP contribution >= 0.6 is 0 Å². The van der Waals surface area contributed by atoms with Crippen molar-refractivity contribution in [3.05, 3.63) is 70.5 Å². The SMILES string of the molecule is CCn1c(=O)c2ccccc2n2c(Cn3c(C(F)(F)F)nc4ccccc43)nnc12. The molecule has 5 aromatic rings. The van der Waals surface area contributed by atoms with Crippen molar-refractivity contribution in [1.29, 1.82) is 0 Å². The fraction of sp³-hybridized carbons (Fsp3) is 0.200. The first-order valence-corrected chi connectivity index (χ1v) is 9.28. The number of aryl methyl sites for hydroxylation is 1. The summed E-state index contributed by atoms with van der Waals surface area (Å²) in [5, 5.41) is 8.70. The van der Waals surface area contributed by atoms with E-state index in [1.54, 1.807) is 53.8 Å². The largest absolute Gasteiger partial charge is 0.449 e. The van der Waals surface area contributed by atoms with Gasteiger partial charge in [0.05, 0.1) is 28.5 Å². The summed E-state index contributed by atoms with van der Waals surface area (Å²) in [6, 6.07) is 13.3. The minimum Gasteiger partial charge on any atom is -0.313 e. The van der Waals surface area contributed by atoms with E-state index in [2.05, 4.69) is 15.2 Å². The number of fused-ring (bicyclic) bond motifs is 4. The van der Waals surface area contributed by atoms with E-state index in [0.29, 0.717) is 23.0 Å². The van der Waals surface area contributed by atoms with E-state index in [9.17, 15) is 18.0 Å². The first-order chi connectivity index (χ1) is 14.4. The van der Waals surface area contributed by atoms with Crippen molar-refractivity contribution in [2.24, 2.45) is 0 Å². The lowest BCUT2D eigenvalue weighted by atomic mass is 10.2. The molecule has 0 N–H and O–H groups in total. The fourth-order valence-electron chi connectivity index (χ4n) is 3.80. The van der Waals surface area contributed by atoms with Gasteiger partial charge in [0.25, 0.3) is 5.56 Å². The Hall–Kier alpha value is -3.69. The van der Waals surface area contributed by atoms with Gasteiger partial charge in [-0.25, -0.2) is 4.98 Å². The van der Waals surface area contributed by atoms with Crippen LogP contribution in [0.5, 0.6) is 0 Å². The summed E-state index contributed by atoms with van der Waals surface area (Å²) < 4.78 is 45.2. The molecule has 0 aliphatic rings. The number of aromatic nitrogens is 6. The molecular weight excluding hydrogens is 397 g/mol. The zero-order valence-electron chi connectivity index (χ0n) is 15.8. The standard InChI is InChI=1S/C20H15F3N6O/c1-2-27-17(30)12-7-3-5-9-14(12)29-16(25-26-19(27)29)11-28-15-10-6-4-8-13(15)24-18(28)20(21,22)23/h3-10H,2,11H2,1H3. The van der Waals surface area contributed by atoms with E-state index < -0.39 is 12.0 Å². The van der Waals surface area contributed by atoms with Crippen LogP contribution in [0.25, 0.3) is 27.7 Å². The van der Waals surface area contributed by atoms with Crippen LogP contribution in [0, 0.1) is 0 Å². The second kappa shape index (κ2) is 6.41. The molecule has 0 radical (unpaired) electrons. The van der Waals surface area contributed by atoms with Crippen LogP contribution in [0.15, 0.2) is 53.3 Å². The zero-order chi connectivity index (χ0) is 21.0. The van der Waals surface area contributed by atoms with Crippen molar-refractivity contribution < 1.29 is 13.2 Å². The maximum absolute atomic E-state index is 13.7. The summed E-state index contributed by atoms with van der Waals surface area (Å²) in [4.78, 5) is 16.6. The highest BCUT2D eigenvalue weighted by atomic mass is 19.4. The minimum absolute atomic E-state index is 0.206. The van der Waals surface area contributed by atoms with E-state index in [-0.39, 0.29) is 29.2 Å². The lowest BCUT2D eigenvalue weighted by Gasteiger charge is -2.12. The van der Waals surface area contributed by atoms with Gasteiger partial charge >= 0.3 is 6.18 Å². The van der Waals surface area contributed by atoms with Crippen LogP contribution in [-0.4, -0.2) is 28.7 Å². The molecule has 7 nitrogen and oxygen atoms in total. The van der Waals surface area contributed by atoms with Crippen LogP contribution in [0.4, 0.5) is 13.2 Å². The summed E-state index contributed by atoms with van der Waals surface area (Å²) in [7, 11) is 0. The van der Waals surface area contributed by atoms with E-state index in [1.807, 2.05) is 0 Å². The maximum Gasteiger partial charge on any atom is 0.449 e. The van der Waals surface area contributed by atoms with Crippen molar-refractivity contribution in [1.82, 2.24) is 28.7 Å². The Bertz CT molecular complexity index is 1480. The van der Waals surface area contributed by atoms with Crippen LogP contribution in [0.2, 0.25) is 0 Å². The lowest BCUT2D eigenvalue weighted by Crippen LogP contribution is -2.23. The lowest BCUT2D eigenvalue weighted by molar-refractivity contribution is -0.146. The molecule has 0 saturated carbocycles. The Morgan fingerprint density at radius 1 is 0.933 bits per heavy atom. The number of hydrogen-bond donors (Lipinski definition) is 0. The quantitative estimate of drug-likeness (QED) is 0.455. The van der Waals surface area contributed by atoms with Gasteiger partial charge in [0.15, 0.2) is 5.82 Å². The molecule has 0 aliphatic carbocycles. The topological polar surface area (TPSA) is 70.0 Å². The third kappa shape index (κ3) is 2.60. The minimum atomic E-state index is -4.63. The van der Waals surface area contributed by atoms with Crippen molar-refractivity contribution in [3.8, 4) is 0 Å². The van der Waals surface area contributed by atoms with Crippen LogP contribution in [0.1, 0.15) is 18.6 Å². The molecule has 5 rings (SSSR count). The predicted octanol–water partition coefficient (Wildman–Crippen LogP) is 3.48. The van der Waals surface area contributed by atoms with Gasteiger partial charge in [0, 0.05) is 6.54 Å². The van der Waals surface area contributed by atoms with Crippen LogP contribution in [-0.2, 0) is 19.3 Å². The fourth-order valence-corrected chi connectivity index (χ4v) is 3.80. The molecule has 152 valence electrons. The summed E-state index contributed by atoms with van der Waals surface area (Å²) in [6.45, 7) is 1.95. The molecule has 30 heavy (non-hydrogen) atoms. The van der Waals surface area contributed by atoms with Crippen molar-refractivity contribution in [2.45, 2.75) is 26.2 Å². The van der Waals surface area contributed by atoms with E-state index in [4.69, 9.17) is 0 Å². The number of para-hydroxylation sites is 3. The molecule has 3 aromatic heterocycles. The predicted molar refractivity (Wildman–Crippen MR) is 104 cm³/mol. The van der Waals surface area contributed by atoms with E-state index in [1.165, 1.54) is 10.6 Å². The van der Waals surface area contributed by atoms with Crippen molar-refractivity contribution in [2.75, 3.05) is 0 Å². The molecule has 0 fully saturated rings. The van der Waals surface area contributed by atoms with Crippen LogP contribution < -0.4 is 5.56 Å². The molecule has 3 heterocycles. The maximum atomic E-state index is 13.7.